The highest BCUT2D eigenvalue weighted by Crippen LogP contribution is 2.31. The second kappa shape index (κ2) is 10.3. The Labute approximate surface area is 184 Å². The molecule has 9 nitrogen and oxygen atoms in total. The Morgan fingerprint density at radius 3 is 2.35 bits per heavy atom. The quantitative estimate of drug-likeness (QED) is 0.627. The van der Waals surface area contributed by atoms with Gasteiger partial charge in [-0.05, 0) is 31.0 Å². The van der Waals surface area contributed by atoms with Crippen LogP contribution in [-0.2, 0) is 14.8 Å². The van der Waals surface area contributed by atoms with E-state index in [-0.39, 0.29) is 17.3 Å². The summed E-state index contributed by atoms with van der Waals surface area (Å²) in [6.45, 7) is 6.88. The van der Waals surface area contributed by atoms with Crippen LogP contribution in [0.2, 0.25) is 0 Å². The molecule has 2 N–H and O–H groups in total. The van der Waals surface area contributed by atoms with Crippen molar-refractivity contribution in [3.63, 3.8) is 0 Å². The lowest BCUT2D eigenvalue weighted by Gasteiger charge is -2.27. The first-order valence-corrected chi connectivity index (χ1v) is 12.5. The first-order valence-electron chi connectivity index (χ1n) is 11.1. The monoisotopic (exact) mass is 451 g/mol. The lowest BCUT2D eigenvalue weighted by Crippen LogP contribution is -2.38. The largest absolute Gasteiger partial charge is 0.374 e. The van der Waals surface area contributed by atoms with Crippen molar-refractivity contribution in [2.75, 3.05) is 56.0 Å². The number of benzene rings is 1. The molecule has 2 heterocycles. The van der Waals surface area contributed by atoms with Crippen LogP contribution < -0.4 is 15.5 Å². The van der Waals surface area contributed by atoms with Crippen molar-refractivity contribution < 1.29 is 18.0 Å². The maximum atomic E-state index is 13.0. The number of urea groups is 1. The van der Waals surface area contributed by atoms with Crippen LogP contribution in [0.4, 0.5) is 16.2 Å². The zero-order valence-corrected chi connectivity index (χ0v) is 19.2. The van der Waals surface area contributed by atoms with E-state index < -0.39 is 16.1 Å². The van der Waals surface area contributed by atoms with Gasteiger partial charge in [0.25, 0.3) is 0 Å². The minimum absolute atomic E-state index is 0.0803. The van der Waals surface area contributed by atoms with E-state index >= 15 is 0 Å². The average Bonchev–Trinajstić information content (AvgIpc) is 3.01. The molecule has 0 saturated carbocycles. The number of carbonyl (C=O) groups is 2. The predicted molar refractivity (Wildman–Crippen MR) is 121 cm³/mol. The van der Waals surface area contributed by atoms with Gasteiger partial charge in [0, 0.05) is 39.3 Å². The first kappa shape index (κ1) is 23.3. The minimum Gasteiger partial charge on any atom is -0.374 e. The topological polar surface area (TPSA) is 102 Å². The van der Waals surface area contributed by atoms with Crippen molar-refractivity contribution in [1.29, 1.82) is 0 Å². The first-order chi connectivity index (χ1) is 14.9. The fraction of sp³-hybridized carbons (Fsp3) is 0.619. The molecule has 0 unspecified atom stereocenters. The SMILES string of the molecule is CCN(CC)S(=O)(=O)c1ccc(N2CCCCCC2)c(NCC(=O)N2CCNC2=O)c1. The van der Waals surface area contributed by atoms with Gasteiger partial charge in [0.1, 0.15) is 0 Å². The second-order valence-electron chi connectivity index (χ2n) is 7.80. The molecular weight excluding hydrogens is 418 g/mol. The Kier molecular flexibility index (Phi) is 7.77. The van der Waals surface area contributed by atoms with Gasteiger partial charge in [0.2, 0.25) is 15.9 Å². The van der Waals surface area contributed by atoms with Gasteiger partial charge >= 0.3 is 6.03 Å². The van der Waals surface area contributed by atoms with Gasteiger partial charge in [-0.25, -0.2) is 13.2 Å². The third-order valence-electron chi connectivity index (χ3n) is 5.85. The van der Waals surface area contributed by atoms with E-state index in [0.29, 0.717) is 31.9 Å². The molecule has 2 saturated heterocycles. The second-order valence-corrected chi connectivity index (χ2v) is 9.74. The van der Waals surface area contributed by atoms with E-state index in [1.165, 1.54) is 22.0 Å². The van der Waals surface area contributed by atoms with Crippen molar-refractivity contribution in [2.45, 2.75) is 44.4 Å². The molecule has 3 amide bonds. The van der Waals surface area contributed by atoms with Crippen LogP contribution in [0.1, 0.15) is 39.5 Å². The molecule has 0 bridgehead atoms. The van der Waals surface area contributed by atoms with Gasteiger partial charge in [-0.3, -0.25) is 9.69 Å². The Morgan fingerprint density at radius 1 is 1.10 bits per heavy atom. The molecule has 10 heteroatoms. The minimum atomic E-state index is -3.63. The fourth-order valence-corrected chi connectivity index (χ4v) is 5.58. The van der Waals surface area contributed by atoms with Crippen molar-refractivity contribution in [3.05, 3.63) is 18.2 Å². The molecule has 0 atom stereocenters. The van der Waals surface area contributed by atoms with Crippen LogP contribution >= 0.6 is 0 Å². The van der Waals surface area contributed by atoms with Gasteiger partial charge in [-0.1, -0.05) is 26.7 Å². The Morgan fingerprint density at radius 2 is 1.77 bits per heavy atom. The highest BCUT2D eigenvalue weighted by atomic mass is 32.2. The summed E-state index contributed by atoms with van der Waals surface area (Å²) < 4.78 is 27.5. The van der Waals surface area contributed by atoms with Crippen molar-refractivity contribution in [2.24, 2.45) is 0 Å². The summed E-state index contributed by atoms with van der Waals surface area (Å²) in [6, 6.07) is 4.70. The van der Waals surface area contributed by atoms with Gasteiger partial charge in [0.05, 0.1) is 22.8 Å². The molecule has 2 aliphatic rings. The Balaban J connectivity index is 1.89. The van der Waals surface area contributed by atoms with Crippen LogP contribution in [0.5, 0.6) is 0 Å². The molecule has 172 valence electrons. The maximum Gasteiger partial charge on any atom is 0.324 e. The lowest BCUT2D eigenvalue weighted by atomic mass is 10.2. The van der Waals surface area contributed by atoms with Crippen molar-refractivity contribution in [3.8, 4) is 0 Å². The summed E-state index contributed by atoms with van der Waals surface area (Å²) in [4.78, 5) is 27.9. The van der Waals surface area contributed by atoms with E-state index in [1.807, 2.05) is 19.9 Å². The molecule has 0 aliphatic carbocycles. The number of hydrogen-bond acceptors (Lipinski definition) is 6. The summed E-state index contributed by atoms with van der Waals surface area (Å²) in [6.07, 6.45) is 4.50. The molecule has 2 fully saturated rings. The average molecular weight is 452 g/mol. The molecule has 3 rings (SSSR count). The number of nitrogens with zero attached hydrogens (tertiary/aromatic N) is 3. The maximum absolute atomic E-state index is 13.0. The summed E-state index contributed by atoms with van der Waals surface area (Å²) >= 11 is 0. The van der Waals surface area contributed by atoms with Gasteiger partial charge < -0.3 is 15.5 Å². The Bertz CT molecular complexity index is 893. The van der Waals surface area contributed by atoms with Crippen LogP contribution in [0, 0.1) is 0 Å². The number of imide groups is 1. The number of hydrogen-bond donors (Lipinski definition) is 2. The van der Waals surface area contributed by atoms with Crippen LogP contribution in [0.25, 0.3) is 0 Å². The molecule has 31 heavy (non-hydrogen) atoms. The molecular formula is C21H33N5O4S. The third-order valence-corrected chi connectivity index (χ3v) is 7.89. The number of sulfonamides is 1. The van der Waals surface area contributed by atoms with E-state index in [2.05, 4.69) is 15.5 Å². The standard InChI is InChI=1S/C21H33N5O4S/c1-3-25(4-2)31(29,30)17-9-10-19(24-12-7-5-6-8-13-24)18(15-17)23-16-20(27)26-14-11-22-21(26)28/h9-10,15,23H,3-8,11-14,16H2,1-2H3,(H,22,28). The zero-order valence-electron chi connectivity index (χ0n) is 18.4. The van der Waals surface area contributed by atoms with Gasteiger partial charge in [-0.2, -0.15) is 4.31 Å². The number of nitrogens with one attached hydrogen (secondary N) is 2. The normalized spacial score (nSPS) is 17.6. The van der Waals surface area contributed by atoms with Crippen LogP contribution in [0.3, 0.4) is 0 Å². The smallest absolute Gasteiger partial charge is 0.324 e. The number of amides is 3. The van der Waals surface area contributed by atoms with Crippen molar-refractivity contribution >= 4 is 33.3 Å². The van der Waals surface area contributed by atoms with Crippen molar-refractivity contribution in [1.82, 2.24) is 14.5 Å². The van der Waals surface area contributed by atoms with E-state index in [9.17, 15) is 18.0 Å². The predicted octanol–water partition coefficient (Wildman–Crippen LogP) is 2.06. The summed E-state index contributed by atoms with van der Waals surface area (Å²) in [5.41, 5.74) is 1.49. The highest BCUT2D eigenvalue weighted by Gasteiger charge is 2.27. The molecule has 0 spiro atoms. The highest BCUT2D eigenvalue weighted by molar-refractivity contribution is 7.89. The van der Waals surface area contributed by atoms with Gasteiger partial charge in [0.15, 0.2) is 0 Å². The van der Waals surface area contributed by atoms with Crippen LogP contribution in [0.15, 0.2) is 23.1 Å². The van der Waals surface area contributed by atoms with E-state index in [0.717, 1.165) is 31.6 Å². The Hall–Kier alpha value is -2.33. The molecule has 0 aromatic heterocycles. The summed E-state index contributed by atoms with van der Waals surface area (Å²) in [5, 5.41) is 5.74. The number of carbonyl (C=O) groups excluding carboxylic acids is 2. The molecule has 2 aliphatic heterocycles. The molecule has 0 radical (unpaired) electrons. The number of anilines is 2. The lowest BCUT2D eigenvalue weighted by molar-refractivity contribution is -0.125. The van der Waals surface area contributed by atoms with Crippen LogP contribution in [-0.4, -0.2) is 75.4 Å². The molecule has 1 aromatic carbocycles. The third kappa shape index (κ3) is 5.30. The van der Waals surface area contributed by atoms with E-state index in [1.54, 1.807) is 12.1 Å². The van der Waals surface area contributed by atoms with Gasteiger partial charge in [-0.15, -0.1) is 0 Å². The molecule has 1 aromatic rings. The summed E-state index contributed by atoms with van der Waals surface area (Å²) in [5.74, 6) is -0.339. The zero-order chi connectivity index (χ0) is 22.4. The summed E-state index contributed by atoms with van der Waals surface area (Å²) in [7, 11) is -3.63. The fourth-order valence-electron chi connectivity index (χ4n) is 4.09. The number of rotatable bonds is 8. The van der Waals surface area contributed by atoms with E-state index in [4.69, 9.17) is 0 Å².